The molecule has 15 atom stereocenters. The van der Waals surface area contributed by atoms with Gasteiger partial charge in [0.05, 0.1) is 25.4 Å². The largest absolute Gasteiger partial charge is 0.394 e. The van der Waals surface area contributed by atoms with Crippen LogP contribution in [0.2, 0.25) is 0 Å². The van der Waals surface area contributed by atoms with Crippen LogP contribution in [0, 0.1) is 0 Å². The highest BCUT2D eigenvalue weighted by Gasteiger charge is 2.60. The molecule has 0 radical (unpaired) electrons. The van der Waals surface area contributed by atoms with E-state index in [1.165, 1.54) is 14.0 Å². The molecule has 0 aromatic rings. The van der Waals surface area contributed by atoms with Gasteiger partial charge in [0.15, 0.2) is 24.5 Å². The van der Waals surface area contributed by atoms with E-state index in [4.69, 9.17) is 41.9 Å². The third-order valence-corrected chi connectivity index (χ3v) is 7.49. The molecule has 2 heterocycles. The average Bonchev–Trinajstić information content (AvgIpc) is 3.13. The molecule has 232 valence electrons. The zero-order chi connectivity index (χ0) is 30.1. The Balaban J connectivity index is 1.96. The first-order chi connectivity index (χ1) is 18.7. The number of nitrogens with one attached hydrogen (secondary N) is 1. The number of nitrogens with two attached hydrogens (primary N) is 4. The number of aliphatic hydroxyl groups excluding tert-OH is 7. The highest BCUT2D eigenvalue weighted by Crippen LogP contribution is 2.39. The van der Waals surface area contributed by atoms with Crippen LogP contribution in [0.25, 0.3) is 0 Å². The van der Waals surface area contributed by atoms with Crippen molar-refractivity contribution in [3.05, 3.63) is 0 Å². The number of ether oxygens (including phenoxy) is 4. The molecule has 2 saturated heterocycles. The van der Waals surface area contributed by atoms with Crippen molar-refractivity contribution >= 4 is 11.9 Å². The Bertz CT molecular complexity index is 911. The van der Waals surface area contributed by atoms with Gasteiger partial charge in [-0.05, 0) is 14.0 Å². The summed E-state index contributed by atoms with van der Waals surface area (Å²) in [6.07, 6.45) is -16.9. The zero-order valence-electron chi connectivity index (χ0n) is 21.9. The van der Waals surface area contributed by atoms with Crippen molar-refractivity contribution in [1.82, 2.24) is 5.32 Å². The molecule has 0 bridgehead atoms. The van der Waals surface area contributed by atoms with E-state index in [-0.39, 0.29) is 0 Å². The van der Waals surface area contributed by atoms with E-state index < -0.39 is 116 Å². The average molecular weight is 584 g/mol. The molecule has 0 aromatic heterocycles. The van der Waals surface area contributed by atoms with Gasteiger partial charge in [0.1, 0.15) is 66.5 Å². The van der Waals surface area contributed by atoms with Gasteiger partial charge in [-0.15, -0.1) is 0 Å². The summed E-state index contributed by atoms with van der Waals surface area (Å²) in [6, 6.07) is -4.00. The number of rotatable bonds is 9. The van der Waals surface area contributed by atoms with Crippen LogP contribution in [-0.2, 0) is 18.9 Å². The minimum absolute atomic E-state index is 0.493. The third-order valence-electron chi connectivity index (χ3n) is 7.49. The molecule has 0 spiro atoms. The van der Waals surface area contributed by atoms with Crippen LogP contribution in [0.4, 0.5) is 0 Å². The Morgan fingerprint density at radius 1 is 0.825 bits per heavy atom. The predicted octanol–water partition coefficient (Wildman–Crippen LogP) is -8.37. The van der Waals surface area contributed by atoms with Crippen molar-refractivity contribution in [3.8, 4) is 0 Å². The fourth-order valence-electron chi connectivity index (χ4n) is 5.17. The van der Waals surface area contributed by atoms with Crippen molar-refractivity contribution < 1.29 is 59.8 Å². The standard InChI is InChI=1S/C21H41N7O12/c1-5-21(36,4-30)16(40-17-9(26-2)13(34)10(31)6(3-29)38-17)18(37-5)39-15-8(28-20(24)25)11(32)7(27-19(22)23)12(33)14(15)35/h5-18,26,29-36H,3-4H2,1-2H3,(H4,22,23,27)(H4,24,25,28)/t5-,6?,7?,8?,9?,10?,11?,12?,13?,14?,15-,16-,17?,18-,21+/m0/s1. The molecule has 2 aliphatic heterocycles. The summed E-state index contributed by atoms with van der Waals surface area (Å²) in [5, 5.41) is 87.0. The molecule has 19 nitrogen and oxygen atoms in total. The Morgan fingerprint density at radius 3 is 1.95 bits per heavy atom. The van der Waals surface area contributed by atoms with E-state index in [2.05, 4.69) is 15.3 Å². The summed E-state index contributed by atoms with van der Waals surface area (Å²) in [4.78, 5) is 7.66. The van der Waals surface area contributed by atoms with Crippen LogP contribution in [-0.4, -0.2) is 164 Å². The van der Waals surface area contributed by atoms with Gasteiger partial charge in [-0.25, -0.2) is 9.98 Å². The van der Waals surface area contributed by atoms with Gasteiger partial charge in [0.2, 0.25) is 0 Å². The molecule has 3 rings (SSSR count). The van der Waals surface area contributed by atoms with Crippen LogP contribution in [0.3, 0.4) is 0 Å². The molecule has 3 aliphatic rings. The van der Waals surface area contributed by atoms with Crippen molar-refractivity contribution in [3.63, 3.8) is 0 Å². The summed E-state index contributed by atoms with van der Waals surface area (Å²) in [6.45, 7) is -0.199. The summed E-state index contributed by atoms with van der Waals surface area (Å²) in [5.74, 6) is -1.01. The minimum Gasteiger partial charge on any atom is -0.394 e. The number of hydrogen-bond donors (Lipinski definition) is 13. The van der Waals surface area contributed by atoms with Gasteiger partial charge < -0.3 is 88.1 Å². The van der Waals surface area contributed by atoms with E-state index in [9.17, 15) is 40.9 Å². The first-order valence-corrected chi connectivity index (χ1v) is 12.5. The second-order valence-electron chi connectivity index (χ2n) is 10.0. The number of aliphatic imine (C=N–C) groups is 2. The lowest BCUT2D eigenvalue weighted by Crippen LogP contribution is -2.66. The molecular weight excluding hydrogens is 542 g/mol. The van der Waals surface area contributed by atoms with Crippen molar-refractivity contribution in [2.45, 2.75) is 98.2 Å². The molecule has 1 saturated carbocycles. The highest BCUT2D eigenvalue weighted by atomic mass is 16.8. The molecule has 17 N–H and O–H groups in total. The fraction of sp³-hybridized carbons (Fsp3) is 0.905. The zero-order valence-corrected chi connectivity index (χ0v) is 21.9. The van der Waals surface area contributed by atoms with Crippen molar-refractivity contribution in [1.29, 1.82) is 0 Å². The molecule has 10 unspecified atom stereocenters. The molecule has 19 heteroatoms. The summed E-state index contributed by atoms with van der Waals surface area (Å²) in [5.41, 5.74) is 19.7. The van der Waals surface area contributed by atoms with Crippen LogP contribution < -0.4 is 28.3 Å². The van der Waals surface area contributed by atoms with E-state index >= 15 is 0 Å². The fourth-order valence-corrected chi connectivity index (χ4v) is 5.17. The maximum absolute atomic E-state index is 11.3. The second-order valence-corrected chi connectivity index (χ2v) is 10.0. The second kappa shape index (κ2) is 12.9. The number of aliphatic hydroxyl groups is 8. The van der Waals surface area contributed by atoms with Crippen LogP contribution in [0.1, 0.15) is 6.92 Å². The van der Waals surface area contributed by atoms with Gasteiger partial charge in [0, 0.05) is 0 Å². The van der Waals surface area contributed by atoms with Crippen LogP contribution in [0.5, 0.6) is 0 Å². The highest BCUT2D eigenvalue weighted by molar-refractivity contribution is 5.76. The van der Waals surface area contributed by atoms with E-state index in [0.29, 0.717) is 0 Å². The maximum Gasteiger partial charge on any atom is 0.187 e. The number of guanidine groups is 2. The SMILES string of the molecule is CNC1C(O[C@H]2[C@H](O[C@@H]3C(O)C(O)C(N=C(N)N)C(O)C3N=C(N)N)O[C@@H](C)[C@]2(O)CO)OC(CO)C(O)C1O. The first-order valence-electron chi connectivity index (χ1n) is 12.5. The van der Waals surface area contributed by atoms with Crippen molar-refractivity contribution in [2.24, 2.45) is 32.9 Å². The first kappa shape index (κ1) is 32.5. The quantitative estimate of drug-likeness (QED) is 0.0884. The summed E-state index contributed by atoms with van der Waals surface area (Å²) < 4.78 is 23.2. The third kappa shape index (κ3) is 6.11. The Morgan fingerprint density at radius 2 is 1.43 bits per heavy atom. The molecule has 1 aliphatic carbocycles. The summed E-state index contributed by atoms with van der Waals surface area (Å²) in [7, 11) is 1.44. The van der Waals surface area contributed by atoms with Gasteiger partial charge in [-0.3, -0.25) is 0 Å². The molecule has 0 amide bonds. The van der Waals surface area contributed by atoms with Gasteiger partial charge in [-0.2, -0.15) is 0 Å². The van der Waals surface area contributed by atoms with Gasteiger partial charge in [-0.1, -0.05) is 0 Å². The number of likely N-dealkylation sites (N-methyl/N-ethyl adjacent to an activating group) is 1. The Kier molecular flexibility index (Phi) is 10.5. The topological polar surface area (TPSA) is 340 Å². The summed E-state index contributed by atoms with van der Waals surface area (Å²) >= 11 is 0. The molecule has 3 fully saturated rings. The smallest absolute Gasteiger partial charge is 0.187 e. The van der Waals surface area contributed by atoms with Crippen LogP contribution >= 0.6 is 0 Å². The lowest BCUT2D eigenvalue weighted by Gasteiger charge is -2.45. The monoisotopic (exact) mass is 583 g/mol. The molecule has 40 heavy (non-hydrogen) atoms. The number of nitrogens with zero attached hydrogens (tertiary/aromatic N) is 2. The molecule has 0 aromatic carbocycles. The molecular formula is C21H41N7O12. The predicted molar refractivity (Wildman–Crippen MR) is 134 cm³/mol. The minimum atomic E-state index is -2.15. The van der Waals surface area contributed by atoms with Crippen LogP contribution in [0.15, 0.2) is 9.98 Å². The van der Waals surface area contributed by atoms with E-state index in [1.807, 2.05) is 0 Å². The Hall–Kier alpha value is -1.98. The number of hydrogen-bond acceptors (Lipinski definition) is 15. The van der Waals surface area contributed by atoms with Gasteiger partial charge in [0.25, 0.3) is 0 Å². The van der Waals surface area contributed by atoms with E-state index in [0.717, 1.165) is 0 Å². The Labute approximate surface area is 229 Å². The lowest BCUT2D eigenvalue weighted by molar-refractivity contribution is -0.317. The lowest BCUT2D eigenvalue weighted by atomic mass is 9.81. The van der Waals surface area contributed by atoms with Crippen molar-refractivity contribution in [2.75, 3.05) is 20.3 Å². The maximum atomic E-state index is 11.3. The van der Waals surface area contributed by atoms with E-state index in [1.54, 1.807) is 0 Å². The normalized spacial score (nSPS) is 47.5. The van der Waals surface area contributed by atoms with Gasteiger partial charge >= 0.3 is 0 Å².